The van der Waals surface area contributed by atoms with E-state index in [-0.39, 0.29) is 23.9 Å². The smallest absolute Gasteiger partial charge is 0.370 e. The monoisotopic (exact) mass is 332 g/mol. The van der Waals surface area contributed by atoms with Crippen LogP contribution in [0.15, 0.2) is 6.07 Å². The van der Waals surface area contributed by atoms with Crippen LogP contribution in [0.3, 0.4) is 0 Å². The number of hydrogen-bond donors (Lipinski definition) is 1. The molecule has 2 heterocycles. The number of rotatable bonds is 3. The third kappa shape index (κ3) is 4.23. The van der Waals surface area contributed by atoms with Gasteiger partial charge in [-0.3, -0.25) is 14.3 Å². The highest BCUT2D eigenvalue weighted by molar-refractivity contribution is 5.92. The Hall–Kier alpha value is -2.06. The zero-order chi connectivity index (χ0) is 17.2. The highest BCUT2D eigenvalue weighted by Gasteiger charge is 2.36. The molecular weight excluding hydrogens is 313 g/mol. The highest BCUT2D eigenvalue weighted by atomic mass is 19.4. The van der Waals surface area contributed by atoms with Gasteiger partial charge in [-0.15, -0.1) is 0 Å². The predicted molar refractivity (Wildman–Crippen MR) is 75.3 cm³/mol. The summed E-state index contributed by atoms with van der Waals surface area (Å²) >= 11 is 0. The Morgan fingerprint density at radius 3 is 2.61 bits per heavy atom. The van der Waals surface area contributed by atoms with Crippen molar-refractivity contribution < 1.29 is 22.8 Å². The number of hydrogen-bond acceptors (Lipinski definition) is 3. The lowest BCUT2D eigenvalue weighted by molar-refractivity contribution is -0.143. The Bertz CT molecular complexity index is 597. The molecule has 0 bridgehead atoms. The number of alkyl halides is 3. The van der Waals surface area contributed by atoms with Crippen molar-refractivity contribution in [3.8, 4) is 0 Å². The lowest BCUT2D eigenvalue weighted by atomic mass is 9.97. The number of aryl methyl sites for hydroxylation is 1. The molecule has 128 valence electrons. The summed E-state index contributed by atoms with van der Waals surface area (Å²) < 4.78 is 39.0. The van der Waals surface area contributed by atoms with Gasteiger partial charge in [0.2, 0.25) is 5.91 Å². The Balaban J connectivity index is 2.07. The maximum Gasteiger partial charge on any atom is 0.433 e. The van der Waals surface area contributed by atoms with E-state index in [2.05, 4.69) is 5.10 Å². The number of carbonyl (C=O) groups is 2. The van der Waals surface area contributed by atoms with Gasteiger partial charge in [0, 0.05) is 32.6 Å². The van der Waals surface area contributed by atoms with E-state index in [1.807, 2.05) is 0 Å². The Labute approximate surface area is 131 Å². The van der Waals surface area contributed by atoms with E-state index >= 15 is 0 Å². The third-order valence-electron chi connectivity index (χ3n) is 4.01. The van der Waals surface area contributed by atoms with Crippen LogP contribution < -0.4 is 5.73 Å². The van der Waals surface area contributed by atoms with Crippen LogP contribution in [0.2, 0.25) is 0 Å². The normalized spacial score (nSPS) is 19.5. The molecule has 2 N–H and O–H groups in total. The average Bonchev–Trinajstić information content (AvgIpc) is 2.68. The zero-order valence-corrected chi connectivity index (χ0v) is 12.8. The minimum atomic E-state index is -4.55. The van der Waals surface area contributed by atoms with Crippen molar-refractivity contribution in [3.63, 3.8) is 0 Å². The first-order valence-corrected chi connectivity index (χ1v) is 7.37. The van der Waals surface area contributed by atoms with E-state index in [4.69, 9.17) is 5.73 Å². The van der Waals surface area contributed by atoms with Gasteiger partial charge in [-0.2, -0.15) is 18.3 Å². The van der Waals surface area contributed by atoms with Crippen molar-refractivity contribution in [2.24, 2.45) is 18.7 Å². The van der Waals surface area contributed by atoms with Crippen LogP contribution in [0.1, 0.15) is 41.9 Å². The van der Waals surface area contributed by atoms with Crippen LogP contribution in [0, 0.1) is 5.92 Å². The van der Waals surface area contributed by atoms with Crippen LogP contribution in [0.25, 0.3) is 0 Å². The summed E-state index contributed by atoms with van der Waals surface area (Å²) in [6.07, 6.45) is -2.23. The molecule has 0 spiro atoms. The zero-order valence-electron chi connectivity index (χ0n) is 12.8. The van der Waals surface area contributed by atoms with E-state index in [1.54, 1.807) is 0 Å². The van der Waals surface area contributed by atoms with E-state index in [0.717, 1.165) is 19.5 Å². The van der Waals surface area contributed by atoms with Crippen LogP contribution >= 0.6 is 0 Å². The summed E-state index contributed by atoms with van der Waals surface area (Å²) in [6.45, 7) is 0.820. The number of amides is 2. The van der Waals surface area contributed by atoms with Gasteiger partial charge in [0.1, 0.15) is 5.69 Å². The topological polar surface area (TPSA) is 81.2 Å². The van der Waals surface area contributed by atoms with Crippen LogP contribution in [0.4, 0.5) is 13.2 Å². The highest BCUT2D eigenvalue weighted by Crippen LogP contribution is 2.29. The summed E-state index contributed by atoms with van der Waals surface area (Å²) in [5.41, 5.74) is 4.01. The number of carbonyl (C=O) groups excluding carboxylic acids is 2. The molecule has 23 heavy (non-hydrogen) atoms. The van der Waals surface area contributed by atoms with E-state index < -0.39 is 17.8 Å². The fraction of sp³-hybridized carbons (Fsp3) is 0.643. The number of nitrogens with two attached hydrogens (primary N) is 1. The summed E-state index contributed by atoms with van der Waals surface area (Å²) in [4.78, 5) is 24.8. The molecule has 0 saturated carbocycles. The van der Waals surface area contributed by atoms with Gasteiger partial charge in [0.15, 0.2) is 5.69 Å². The average molecular weight is 332 g/mol. The molecule has 1 unspecified atom stereocenters. The van der Waals surface area contributed by atoms with Gasteiger partial charge in [-0.05, 0) is 25.2 Å². The molecule has 1 aliphatic rings. The first-order chi connectivity index (χ1) is 10.7. The molecule has 1 aromatic heterocycles. The van der Waals surface area contributed by atoms with Gasteiger partial charge in [0.05, 0.1) is 0 Å². The SMILES string of the molecule is Cn1nc(C(=O)N2CCCC(CC(N)=O)CC2)cc1C(F)(F)F. The minimum Gasteiger partial charge on any atom is -0.370 e. The third-order valence-corrected chi connectivity index (χ3v) is 4.01. The molecule has 1 aliphatic heterocycles. The van der Waals surface area contributed by atoms with Crippen LogP contribution in [-0.2, 0) is 18.0 Å². The summed E-state index contributed by atoms with van der Waals surface area (Å²) in [5, 5.41) is 3.68. The predicted octanol–water partition coefficient (Wildman–Crippen LogP) is 1.56. The molecule has 0 aromatic carbocycles. The second kappa shape index (κ2) is 6.59. The first kappa shape index (κ1) is 17.3. The van der Waals surface area contributed by atoms with E-state index in [0.29, 0.717) is 30.6 Å². The second-order valence-electron chi connectivity index (χ2n) is 5.80. The van der Waals surface area contributed by atoms with Gasteiger partial charge in [-0.1, -0.05) is 0 Å². The number of halogens is 3. The molecule has 0 aliphatic carbocycles. The van der Waals surface area contributed by atoms with E-state index in [9.17, 15) is 22.8 Å². The molecule has 1 atom stereocenters. The van der Waals surface area contributed by atoms with Gasteiger partial charge < -0.3 is 10.6 Å². The maximum absolute atomic E-state index is 12.8. The second-order valence-corrected chi connectivity index (χ2v) is 5.80. The molecule has 2 amide bonds. The molecule has 1 saturated heterocycles. The molecule has 1 aromatic rings. The lowest BCUT2D eigenvalue weighted by Gasteiger charge is -2.19. The fourth-order valence-electron chi connectivity index (χ4n) is 2.86. The first-order valence-electron chi connectivity index (χ1n) is 7.37. The largest absolute Gasteiger partial charge is 0.433 e. The summed E-state index contributed by atoms with van der Waals surface area (Å²) in [5.74, 6) is -0.787. The number of likely N-dealkylation sites (tertiary alicyclic amines) is 1. The summed E-state index contributed by atoms with van der Waals surface area (Å²) in [6, 6.07) is 0.772. The Morgan fingerprint density at radius 1 is 1.35 bits per heavy atom. The number of primary amides is 1. The Kier molecular flexibility index (Phi) is 4.96. The summed E-state index contributed by atoms with van der Waals surface area (Å²) in [7, 11) is 1.16. The van der Waals surface area contributed by atoms with Crippen molar-refractivity contribution in [3.05, 3.63) is 17.5 Å². The van der Waals surface area contributed by atoms with Gasteiger partial charge in [-0.25, -0.2) is 0 Å². The molecular formula is C14H19F3N4O2. The van der Waals surface area contributed by atoms with Crippen molar-refractivity contribution in [2.75, 3.05) is 13.1 Å². The van der Waals surface area contributed by atoms with Crippen molar-refractivity contribution >= 4 is 11.8 Å². The van der Waals surface area contributed by atoms with Crippen molar-refractivity contribution in [1.82, 2.24) is 14.7 Å². The Morgan fingerprint density at radius 2 is 2.04 bits per heavy atom. The standard InChI is InChI=1S/C14H19F3N4O2/c1-20-11(14(15,16)17)8-10(19-20)13(23)21-5-2-3-9(4-6-21)7-12(18)22/h8-9H,2-7H2,1H3,(H2,18,22). The quantitative estimate of drug-likeness (QED) is 0.912. The number of aromatic nitrogens is 2. The van der Waals surface area contributed by atoms with Crippen molar-refractivity contribution in [2.45, 2.75) is 31.9 Å². The maximum atomic E-state index is 12.8. The molecule has 9 heteroatoms. The van der Waals surface area contributed by atoms with Gasteiger partial charge in [0.25, 0.3) is 5.91 Å². The molecule has 6 nitrogen and oxygen atoms in total. The molecule has 1 fully saturated rings. The van der Waals surface area contributed by atoms with Crippen LogP contribution in [0.5, 0.6) is 0 Å². The number of nitrogens with zero attached hydrogens (tertiary/aromatic N) is 3. The minimum absolute atomic E-state index is 0.111. The molecule has 2 rings (SSSR count). The molecule has 0 radical (unpaired) electrons. The lowest BCUT2D eigenvalue weighted by Crippen LogP contribution is -2.32. The van der Waals surface area contributed by atoms with Gasteiger partial charge >= 0.3 is 6.18 Å². The van der Waals surface area contributed by atoms with Crippen molar-refractivity contribution in [1.29, 1.82) is 0 Å². The van der Waals surface area contributed by atoms with E-state index in [1.165, 1.54) is 4.90 Å². The fourth-order valence-corrected chi connectivity index (χ4v) is 2.86. The van der Waals surface area contributed by atoms with Crippen LogP contribution in [-0.4, -0.2) is 39.6 Å².